The van der Waals surface area contributed by atoms with E-state index >= 15 is 0 Å². The molecule has 0 unspecified atom stereocenters. The summed E-state index contributed by atoms with van der Waals surface area (Å²) in [6.45, 7) is 2.99. The molecule has 0 atom stereocenters. The first kappa shape index (κ1) is 20.8. The summed E-state index contributed by atoms with van der Waals surface area (Å²) >= 11 is 0. The lowest BCUT2D eigenvalue weighted by atomic mass is 10.4. The number of fused-ring (bicyclic) bond motifs is 1. The Labute approximate surface area is 159 Å². The van der Waals surface area contributed by atoms with Crippen molar-refractivity contribution in [3.63, 3.8) is 0 Å². The standard InChI is InChI=1S/C17H21N5O6/c1-3-5-12(23)26-7-11(8-27-13(24)6-4-2)28-10-22-9-19-14-15(22)20-17(18)21-16(14)25/h3-6,9,11H,7-8,10H2,1-2H3,(H3,18,20,21,25). The molecule has 2 heterocycles. The van der Waals surface area contributed by atoms with Gasteiger partial charge in [-0.05, 0) is 13.8 Å². The largest absolute Gasteiger partial charge is 0.460 e. The number of esters is 2. The average Bonchev–Trinajstić information content (AvgIpc) is 3.04. The maximum atomic E-state index is 11.8. The number of aromatic nitrogens is 4. The average molecular weight is 391 g/mol. The van der Waals surface area contributed by atoms with Crippen molar-refractivity contribution in [2.45, 2.75) is 26.7 Å². The first-order chi connectivity index (χ1) is 13.4. The van der Waals surface area contributed by atoms with Crippen LogP contribution in [0.4, 0.5) is 5.95 Å². The van der Waals surface area contributed by atoms with Gasteiger partial charge in [0.25, 0.3) is 5.56 Å². The van der Waals surface area contributed by atoms with Crippen LogP contribution >= 0.6 is 0 Å². The lowest BCUT2D eigenvalue weighted by Crippen LogP contribution is -2.29. The van der Waals surface area contributed by atoms with E-state index in [1.165, 1.54) is 35.2 Å². The molecule has 28 heavy (non-hydrogen) atoms. The normalized spacial score (nSPS) is 12.6. The molecule has 0 aliphatic carbocycles. The van der Waals surface area contributed by atoms with Gasteiger partial charge in [0.1, 0.15) is 26.0 Å². The van der Waals surface area contributed by atoms with Crippen LogP contribution in [0.25, 0.3) is 11.2 Å². The quantitative estimate of drug-likeness (QED) is 0.453. The van der Waals surface area contributed by atoms with Crippen molar-refractivity contribution in [1.82, 2.24) is 19.5 Å². The summed E-state index contributed by atoms with van der Waals surface area (Å²) in [7, 11) is 0. The number of nitrogen functional groups attached to an aromatic ring is 1. The number of rotatable bonds is 9. The number of aromatic amines is 1. The van der Waals surface area contributed by atoms with Crippen LogP contribution < -0.4 is 11.3 Å². The SMILES string of the molecule is CC=CC(=O)OCC(COC(=O)C=CC)OCn1cnc2c(=O)[nH]c(N)nc21. The first-order valence-electron chi connectivity index (χ1n) is 8.35. The third kappa shape index (κ3) is 5.77. The van der Waals surface area contributed by atoms with Gasteiger partial charge in [-0.25, -0.2) is 14.6 Å². The summed E-state index contributed by atoms with van der Waals surface area (Å²) in [4.78, 5) is 45.2. The van der Waals surface area contributed by atoms with Crippen molar-refractivity contribution in [3.05, 3.63) is 41.0 Å². The number of nitrogens with two attached hydrogens (primary N) is 1. The van der Waals surface area contributed by atoms with Gasteiger partial charge in [0.15, 0.2) is 11.2 Å². The van der Waals surface area contributed by atoms with Gasteiger partial charge in [-0.3, -0.25) is 14.3 Å². The van der Waals surface area contributed by atoms with Crippen molar-refractivity contribution in [2.75, 3.05) is 18.9 Å². The minimum absolute atomic E-state index is 0.0589. The van der Waals surface area contributed by atoms with Gasteiger partial charge < -0.3 is 19.9 Å². The summed E-state index contributed by atoms with van der Waals surface area (Å²) in [6, 6.07) is 0. The van der Waals surface area contributed by atoms with Gasteiger partial charge in [0.05, 0.1) is 6.33 Å². The highest BCUT2D eigenvalue weighted by Gasteiger charge is 2.16. The first-order valence-corrected chi connectivity index (χ1v) is 8.35. The van der Waals surface area contributed by atoms with E-state index in [0.717, 1.165) is 0 Å². The van der Waals surface area contributed by atoms with Crippen molar-refractivity contribution in [3.8, 4) is 0 Å². The highest BCUT2D eigenvalue weighted by atomic mass is 16.6. The van der Waals surface area contributed by atoms with Gasteiger partial charge in [0.2, 0.25) is 5.95 Å². The van der Waals surface area contributed by atoms with E-state index in [1.807, 2.05) is 0 Å². The van der Waals surface area contributed by atoms with Gasteiger partial charge >= 0.3 is 11.9 Å². The van der Waals surface area contributed by atoms with E-state index in [9.17, 15) is 14.4 Å². The molecule has 2 rings (SSSR count). The predicted octanol–water partition coefficient (Wildman–Crippen LogP) is 0.283. The number of anilines is 1. The Morgan fingerprint density at radius 1 is 1.21 bits per heavy atom. The maximum absolute atomic E-state index is 11.8. The molecule has 0 aromatic carbocycles. The molecule has 0 amide bonds. The van der Waals surface area contributed by atoms with Crippen LogP contribution in [-0.2, 0) is 30.5 Å². The Morgan fingerprint density at radius 2 is 1.82 bits per heavy atom. The van der Waals surface area contributed by atoms with Gasteiger partial charge in [-0.15, -0.1) is 0 Å². The van der Waals surface area contributed by atoms with E-state index in [0.29, 0.717) is 0 Å². The number of hydrogen-bond acceptors (Lipinski definition) is 9. The van der Waals surface area contributed by atoms with E-state index in [4.69, 9.17) is 19.9 Å². The molecular weight excluding hydrogens is 370 g/mol. The molecule has 2 aromatic heterocycles. The van der Waals surface area contributed by atoms with Crippen LogP contribution in [0.3, 0.4) is 0 Å². The Balaban J connectivity index is 2.07. The van der Waals surface area contributed by atoms with Crippen LogP contribution in [0.15, 0.2) is 35.4 Å². The van der Waals surface area contributed by atoms with Crippen molar-refractivity contribution >= 4 is 29.1 Å². The zero-order valence-electron chi connectivity index (χ0n) is 15.5. The molecule has 0 bridgehead atoms. The smallest absolute Gasteiger partial charge is 0.330 e. The number of carbonyl (C=O) groups is 2. The lowest BCUT2D eigenvalue weighted by Gasteiger charge is -2.17. The molecule has 0 saturated heterocycles. The highest BCUT2D eigenvalue weighted by molar-refractivity contribution is 5.82. The molecule has 0 radical (unpaired) electrons. The Morgan fingerprint density at radius 3 is 2.39 bits per heavy atom. The predicted molar refractivity (Wildman–Crippen MR) is 99.0 cm³/mol. The zero-order valence-corrected chi connectivity index (χ0v) is 15.5. The van der Waals surface area contributed by atoms with Gasteiger partial charge in [-0.1, -0.05) is 12.2 Å². The monoisotopic (exact) mass is 391 g/mol. The summed E-state index contributed by atoms with van der Waals surface area (Å²) in [5.41, 5.74) is 5.42. The number of imidazole rings is 1. The number of nitrogens with one attached hydrogen (secondary N) is 1. The summed E-state index contributed by atoms with van der Waals surface area (Å²) in [5, 5.41) is 0. The molecule has 11 nitrogen and oxygen atoms in total. The minimum Gasteiger partial charge on any atom is -0.460 e. The number of carbonyl (C=O) groups excluding carboxylic acids is 2. The summed E-state index contributed by atoms with van der Waals surface area (Å²) < 4.78 is 17.2. The van der Waals surface area contributed by atoms with Gasteiger partial charge in [0, 0.05) is 12.2 Å². The molecule has 0 spiro atoms. The van der Waals surface area contributed by atoms with Crippen molar-refractivity contribution in [1.29, 1.82) is 0 Å². The van der Waals surface area contributed by atoms with Crippen LogP contribution in [0.2, 0.25) is 0 Å². The molecular formula is C17H21N5O6. The molecule has 0 saturated carbocycles. The van der Waals surface area contributed by atoms with E-state index in [-0.39, 0.29) is 37.1 Å². The Kier molecular flexibility index (Phi) is 7.45. The fraction of sp³-hybridized carbons (Fsp3) is 0.353. The third-order valence-corrected chi connectivity index (χ3v) is 3.37. The Bertz CT molecular complexity index is 917. The minimum atomic E-state index is -0.750. The lowest BCUT2D eigenvalue weighted by molar-refractivity contribution is -0.151. The van der Waals surface area contributed by atoms with Gasteiger partial charge in [-0.2, -0.15) is 4.98 Å². The third-order valence-electron chi connectivity index (χ3n) is 3.37. The number of hydrogen-bond donors (Lipinski definition) is 2. The van der Waals surface area contributed by atoms with Crippen molar-refractivity contribution < 1.29 is 23.8 Å². The molecule has 150 valence electrons. The van der Waals surface area contributed by atoms with Crippen LogP contribution in [-0.4, -0.2) is 50.8 Å². The molecule has 11 heteroatoms. The molecule has 0 aliphatic rings. The number of allylic oxidation sites excluding steroid dienone is 2. The van der Waals surface area contributed by atoms with Crippen LogP contribution in [0, 0.1) is 0 Å². The maximum Gasteiger partial charge on any atom is 0.330 e. The summed E-state index contributed by atoms with van der Waals surface area (Å²) in [6.07, 6.45) is 6.20. The fourth-order valence-corrected chi connectivity index (χ4v) is 2.11. The number of nitrogens with zero attached hydrogens (tertiary/aromatic N) is 3. The number of H-pyrrole nitrogens is 1. The second kappa shape index (κ2) is 10.0. The van der Waals surface area contributed by atoms with E-state index in [1.54, 1.807) is 13.8 Å². The highest BCUT2D eigenvalue weighted by Crippen LogP contribution is 2.08. The zero-order chi connectivity index (χ0) is 20.5. The second-order valence-corrected chi connectivity index (χ2v) is 5.52. The Hall–Kier alpha value is -3.47. The topological polar surface area (TPSA) is 151 Å². The molecule has 0 aliphatic heterocycles. The summed E-state index contributed by atoms with van der Waals surface area (Å²) in [5.74, 6) is -1.16. The van der Waals surface area contributed by atoms with Crippen LogP contribution in [0.1, 0.15) is 13.8 Å². The molecule has 2 aromatic rings. The van der Waals surface area contributed by atoms with Crippen molar-refractivity contribution in [2.24, 2.45) is 0 Å². The van der Waals surface area contributed by atoms with E-state index < -0.39 is 23.6 Å². The van der Waals surface area contributed by atoms with Crippen LogP contribution in [0.5, 0.6) is 0 Å². The molecule has 0 fully saturated rings. The second-order valence-electron chi connectivity index (χ2n) is 5.52. The van der Waals surface area contributed by atoms with E-state index in [2.05, 4.69) is 15.0 Å². The fourth-order valence-electron chi connectivity index (χ4n) is 2.11. The molecule has 3 N–H and O–H groups in total. The number of ether oxygens (including phenoxy) is 3.